The van der Waals surface area contributed by atoms with E-state index in [0.717, 1.165) is 45.4 Å². The number of nitrogens with zero attached hydrogens (tertiary/aromatic N) is 2. The molecule has 0 N–H and O–H groups in total. The quantitative estimate of drug-likeness (QED) is 0.163. The van der Waals surface area contributed by atoms with Gasteiger partial charge in [-0.15, -0.1) is 0 Å². The number of fused-ring (bicyclic) bond motifs is 6. The van der Waals surface area contributed by atoms with Gasteiger partial charge in [-0.05, 0) is 94.4 Å². The zero-order valence-corrected chi connectivity index (χ0v) is 31.3. The van der Waals surface area contributed by atoms with E-state index in [1.165, 1.54) is 55.9 Å². The van der Waals surface area contributed by atoms with Gasteiger partial charge in [0, 0.05) is 44.7 Å². The molecule has 1 unspecified atom stereocenters. The highest BCUT2D eigenvalue weighted by atomic mass is 16.3. The fourth-order valence-electron chi connectivity index (χ4n) is 9.05. The highest BCUT2D eigenvalue weighted by Gasteiger charge is 2.37. The second-order valence-corrected chi connectivity index (χ2v) is 14.8. The fourth-order valence-corrected chi connectivity index (χ4v) is 9.05. The third kappa shape index (κ3) is 5.58. The number of para-hydroxylation sites is 3. The summed E-state index contributed by atoms with van der Waals surface area (Å²) in [6.45, 7) is 0. The first-order valence-electron chi connectivity index (χ1n) is 19.7. The van der Waals surface area contributed by atoms with Crippen LogP contribution in [-0.2, 0) is 0 Å². The largest absolute Gasteiger partial charge is 0.456 e. The standard InChI is InChI=1S/C54H38N2O/c1-4-17-37(18-5-1)42-23-10-11-26-46(42)54-43(38-19-6-2-7-20-38)27-16-29-51(54)55(41-32-34-53-48(36-41)45-25-13-15-30-52(45)57-53)40-31-33-50-47(35-40)44-24-12-14-28-49(44)56(50)39-21-8-3-9-22-39/h1-32,34-36,50H,33H2. The maximum atomic E-state index is 6.37. The van der Waals surface area contributed by atoms with Crippen molar-refractivity contribution in [3.8, 4) is 33.4 Å². The maximum Gasteiger partial charge on any atom is 0.135 e. The third-order valence-corrected chi connectivity index (χ3v) is 11.6. The molecule has 3 nitrogen and oxygen atoms in total. The second kappa shape index (κ2) is 13.7. The van der Waals surface area contributed by atoms with Gasteiger partial charge in [0.05, 0.1) is 11.7 Å². The molecule has 3 heteroatoms. The first-order chi connectivity index (χ1) is 28.3. The molecule has 0 fully saturated rings. The molecule has 0 bridgehead atoms. The van der Waals surface area contributed by atoms with E-state index in [9.17, 15) is 0 Å². The van der Waals surface area contributed by atoms with Crippen LogP contribution in [0.15, 0.2) is 222 Å². The van der Waals surface area contributed by atoms with Crippen LogP contribution >= 0.6 is 0 Å². The van der Waals surface area contributed by atoms with Crippen LogP contribution in [0, 0.1) is 0 Å². The van der Waals surface area contributed by atoms with Crippen LogP contribution in [0.3, 0.4) is 0 Å². The van der Waals surface area contributed by atoms with Gasteiger partial charge in [-0.1, -0.05) is 158 Å². The fraction of sp³-hybridized carbons (Fsp3) is 0.0370. The van der Waals surface area contributed by atoms with Gasteiger partial charge < -0.3 is 14.2 Å². The monoisotopic (exact) mass is 730 g/mol. The molecule has 0 amide bonds. The highest BCUT2D eigenvalue weighted by Crippen LogP contribution is 2.52. The predicted molar refractivity (Wildman–Crippen MR) is 238 cm³/mol. The lowest BCUT2D eigenvalue weighted by molar-refractivity contribution is 0.669. The summed E-state index contributed by atoms with van der Waals surface area (Å²) in [5.74, 6) is 0. The minimum Gasteiger partial charge on any atom is -0.456 e. The van der Waals surface area contributed by atoms with Crippen LogP contribution in [0.1, 0.15) is 12.0 Å². The molecule has 1 aliphatic heterocycles. The van der Waals surface area contributed by atoms with E-state index in [1.807, 2.05) is 6.07 Å². The van der Waals surface area contributed by atoms with Crippen molar-refractivity contribution in [1.82, 2.24) is 0 Å². The topological polar surface area (TPSA) is 19.6 Å². The minimum absolute atomic E-state index is 0.185. The van der Waals surface area contributed by atoms with Crippen LogP contribution < -0.4 is 9.80 Å². The van der Waals surface area contributed by atoms with Crippen LogP contribution in [0.25, 0.3) is 60.9 Å². The molecule has 0 radical (unpaired) electrons. The summed E-state index contributed by atoms with van der Waals surface area (Å²) in [7, 11) is 0. The maximum absolute atomic E-state index is 6.37. The van der Waals surface area contributed by atoms with Crippen molar-refractivity contribution in [2.45, 2.75) is 12.5 Å². The Hall–Kier alpha value is -7.36. The number of benzene rings is 8. The Balaban J connectivity index is 1.18. The van der Waals surface area contributed by atoms with Crippen LogP contribution in [-0.4, -0.2) is 6.04 Å². The Bertz CT molecular complexity index is 3000. The van der Waals surface area contributed by atoms with Crippen LogP contribution in [0.2, 0.25) is 0 Å². The second-order valence-electron chi connectivity index (χ2n) is 14.8. The number of anilines is 4. The van der Waals surface area contributed by atoms with Gasteiger partial charge in [-0.2, -0.15) is 0 Å². The Labute approximate surface area is 332 Å². The molecule has 11 rings (SSSR count). The van der Waals surface area contributed by atoms with E-state index >= 15 is 0 Å². The summed E-state index contributed by atoms with van der Waals surface area (Å²) < 4.78 is 6.37. The molecule has 1 aliphatic carbocycles. The molecule has 57 heavy (non-hydrogen) atoms. The van der Waals surface area contributed by atoms with Crippen molar-refractivity contribution >= 4 is 50.3 Å². The Kier molecular flexibility index (Phi) is 7.96. The van der Waals surface area contributed by atoms with E-state index < -0.39 is 0 Å². The first-order valence-corrected chi connectivity index (χ1v) is 19.7. The zero-order chi connectivity index (χ0) is 37.7. The molecular formula is C54H38N2O. The number of allylic oxidation sites excluding steroid dienone is 1. The number of hydrogen-bond donors (Lipinski definition) is 0. The van der Waals surface area contributed by atoms with Crippen LogP contribution in [0.5, 0.6) is 0 Å². The summed E-state index contributed by atoms with van der Waals surface area (Å²) >= 11 is 0. The molecule has 1 aromatic heterocycles. The van der Waals surface area contributed by atoms with Gasteiger partial charge in [0.1, 0.15) is 11.2 Å². The number of furan rings is 1. The highest BCUT2D eigenvalue weighted by molar-refractivity contribution is 6.07. The minimum atomic E-state index is 0.185. The van der Waals surface area contributed by atoms with E-state index in [1.54, 1.807) is 0 Å². The zero-order valence-electron chi connectivity index (χ0n) is 31.3. The van der Waals surface area contributed by atoms with E-state index in [2.05, 4.69) is 216 Å². The van der Waals surface area contributed by atoms with Gasteiger partial charge in [-0.25, -0.2) is 0 Å². The smallest absolute Gasteiger partial charge is 0.135 e. The molecule has 0 saturated carbocycles. The lowest BCUT2D eigenvalue weighted by Crippen LogP contribution is -2.29. The number of rotatable bonds is 7. The summed E-state index contributed by atoms with van der Waals surface area (Å²) in [5, 5.41) is 2.21. The molecule has 2 aliphatic rings. The average molecular weight is 731 g/mol. The Morgan fingerprint density at radius 1 is 0.491 bits per heavy atom. The van der Waals surface area contributed by atoms with Crippen molar-refractivity contribution in [3.63, 3.8) is 0 Å². The molecule has 9 aromatic rings. The first kappa shape index (κ1) is 33.0. The molecule has 270 valence electrons. The van der Waals surface area contributed by atoms with Gasteiger partial charge in [0.15, 0.2) is 0 Å². The molecule has 0 saturated heterocycles. The van der Waals surface area contributed by atoms with Crippen molar-refractivity contribution in [2.24, 2.45) is 0 Å². The lowest BCUT2D eigenvalue weighted by Gasteiger charge is -2.34. The Morgan fingerprint density at radius 3 is 1.89 bits per heavy atom. The van der Waals surface area contributed by atoms with E-state index in [-0.39, 0.29) is 6.04 Å². The molecule has 0 spiro atoms. The predicted octanol–water partition coefficient (Wildman–Crippen LogP) is 14.6. The Morgan fingerprint density at radius 2 is 1.11 bits per heavy atom. The van der Waals surface area contributed by atoms with Gasteiger partial charge in [0.25, 0.3) is 0 Å². The van der Waals surface area contributed by atoms with Gasteiger partial charge >= 0.3 is 0 Å². The third-order valence-electron chi connectivity index (χ3n) is 11.6. The molecule has 1 atom stereocenters. The average Bonchev–Trinajstić information content (AvgIpc) is 3.83. The molecular weight excluding hydrogens is 693 g/mol. The lowest BCUT2D eigenvalue weighted by atomic mass is 9.87. The summed E-state index contributed by atoms with van der Waals surface area (Å²) in [6.07, 6.45) is 5.73. The summed E-state index contributed by atoms with van der Waals surface area (Å²) in [5.41, 5.74) is 17.3. The SMILES string of the molecule is C1=C2c3ccccc3N(c3ccccc3)C2CC=C1N(c1ccc2oc3ccccc3c2c1)c1cccc(-c2ccccc2)c1-c1ccccc1-c1ccccc1. The summed E-state index contributed by atoms with van der Waals surface area (Å²) in [4.78, 5) is 5.00. The normalized spacial score (nSPS) is 14.6. The van der Waals surface area contributed by atoms with E-state index in [0.29, 0.717) is 0 Å². The molecule has 2 heterocycles. The van der Waals surface area contributed by atoms with Crippen LogP contribution in [0.4, 0.5) is 22.7 Å². The number of hydrogen-bond acceptors (Lipinski definition) is 3. The van der Waals surface area contributed by atoms with Crippen molar-refractivity contribution in [3.05, 3.63) is 224 Å². The van der Waals surface area contributed by atoms with Gasteiger partial charge in [0.2, 0.25) is 0 Å². The van der Waals surface area contributed by atoms with E-state index in [4.69, 9.17) is 4.42 Å². The van der Waals surface area contributed by atoms with Crippen molar-refractivity contribution in [1.29, 1.82) is 0 Å². The molecule has 8 aromatic carbocycles. The summed E-state index contributed by atoms with van der Waals surface area (Å²) in [6, 6.07) is 72.1. The van der Waals surface area contributed by atoms with Crippen molar-refractivity contribution < 1.29 is 4.42 Å². The van der Waals surface area contributed by atoms with Gasteiger partial charge in [-0.3, -0.25) is 0 Å². The van der Waals surface area contributed by atoms with Crippen molar-refractivity contribution in [2.75, 3.05) is 9.80 Å².